The molecule has 0 bridgehead atoms. The van der Waals surface area contributed by atoms with Crippen LogP contribution in [0.15, 0.2) is 0 Å². The zero-order chi connectivity index (χ0) is 15.1. The van der Waals surface area contributed by atoms with Crippen molar-refractivity contribution in [1.29, 1.82) is 0 Å². The van der Waals surface area contributed by atoms with Crippen LogP contribution < -0.4 is 15.0 Å². The topological polar surface area (TPSA) is 72.4 Å². The third-order valence-electron chi connectivity index (χ3n) is 3.32. The standard InChI is InChI=1S/C14H25N5O2/c1-4-15-12-16-13(18-14(17-12)20-6-3)19(5-2)10-11-8-7-9-21-11/h11H,4-10H2,1-3H3,(H,15,16,17,18). The molecule has 1 aromatic rings. The molecule has 1 N–H and O–H groups in total. The second-order valence-electron chi connectivity index (χ2n) is 4.88. The number of anilines is 2. The predicted octanol–water partition coefficient (Wildman–Crippen LogP) is 1.71. The third-order valence-corrected chi connectivity index (χ3v) is 3.32. The predicted molar refractivity (Wildman–Crippen MR) is 82.0 cm³/mol. The average molecular weight is 295 g/mol. The molecule has 2 rings (SSSR count). The Kier molecular flexibility index (Phi) is 5.98. The summed E-state index contributed by atoms with van der Waals surface area (Å²) in [4.78, 5) is 15.2. The van der Waals surface area contributed by atoms with E-state index in [1.165, 1.54) is 0 Å². The van der Waals surface area contributed by atoms with Crippen LogP contribution in [0.2, 0.25) is 0 Å². The van der Waals surface area contributed by atoms with E-state index in [0.717, 1.165) is 39.1 Å². The highest BCUT2D eigenvalue weighted by Gasteiger charge is 2.21. The van der Waals surface area contributed by atoms with Crippen molar-refractivity contribution in [2.45, 2.75) is 39.7 Å². The normalized spacial score (nSPS) is 17.8. The van der Waals surface area contributed by atoms with Crippen molar-refractivity contribution in [3.05, 3.63) is 0 Å². The summed E-state index contributed by atoms with van der Waals surface area (Å²) >= 11 is 0. The highest BCUT2D eigenvalue weighted by atomic mass is 16.5. The van der Waals surface area contributed by atoms with Gasteiger partial charge in [-0.2, -0.15) is 15.0 Å². The molecule has 0 aromatic carbocycles. The first kappa shape index (κ1) is 15.8. The maximum atomic E-state index is 5.70. The molecule has 0 spiro atoms. The van der Waals surface area contributed by atoms with Crippen LogP contribution in [0.25, 0.3) is 0 Å². The van der Waals surface area contributed by atoms with Crippen LogP contribution in [0, 0.1) is 0 Å². The summed E-state index contributed by atoms with van der Waals surface area (Å²) in [7, 11) is 0. The molecule has 1 aliphatic heterocycles. The summed E-state index contributed by atoms with van der Waals surface area (Å²) in [6.45, 7) is 9.78. The highest BCUT2D eigenvalue weighted by molar-refractivity contribution is 5.38. The third kappa shape index (κ3) is 4.42. The van der Waals surface area contributed by atoms with Crippen LogP contribution in [-0.4, -0.2) is 53.9 Å². The van der Waals surface area contributed by atoms with E-state index in [1.54, 1.807) is 0 Å². The van der Waals surface area contributed by atoms with Gasteiger partial charge in [-0.3, -0.25) is 0 Å². The van der Waals surface area contributed by atoms with E-state index < -0.39 is 0 Å². The first-order valence-corrected chi connectivity index (χ1v) is 7.76. The summed E-state index contributed by atoms with van der Waals surface area (Å²) < 4.78 is 11.1. The molecule has 2 heterocycles. The molecule has 7 heteroatoms. The van der Waals surface area contributed by atoms with Crippen molar-refractivity contribution in [1.82, 2.24) is 15.0 Å². The van der Waals surface area contributed by atoms with E-state index in [1.807, 2.05) is 13.8 Å². The molecule has 0 saturated carbocycles. The highest BCUT2D eigenvalue weighted by Crippen LogP contribution is 2.19. The Morgan fingerprint density at radius 2 is 2.14 bits per heavy atom. The van der Waals surface area contributed by atoms with E-state index >= 15 is 0 Å². The fourth-order valence-electron chi connectivity index (χ4n) is 2.30. The quantitative estimate of drug-likeness (QED) is 0.782. The Morgan fingerprint density at radius 1 is 1.29 bits per heavy atom. The lowest BCUT2D eigenvalue weighted by atomic mass is 10.2. The van der Waals surface area contributed by atoms with Crippen molar-refractivity contribution in [3.8, 4) is 6.01 Å². The monoisotopic (exact) mass is 295 g/mol. The van der Waals surface area contributed by atoms with Gasteiger partial charge in [0.1, 0.15) is 0 Å². The molecule has 21 heavy (non-hydrogen) atoms. The number of hydrogen-bond acceptors (Lipinski definition) is 7. The van der Waals surface area contributed by atoms with Gasteiger partial charge in [-0.25, -0.2) is 0 Å². The van der Waals surface area contributed by atoms with Crippen LogP contribution in [0.3, 0.4) is 0 Å². The van der Waals surface area contributed by atoms with Gasteiger partial charge in [0.25, 0.3) is 0 Å². The van der Waals surface area contributed by atoms with E-state index in [9.17, 15) is 0 Å². The van der Waals surface area contributed by atoms with Gasteiger partial charge in [0.2, 0.25) is 11.9 Å². The summed E-state index contributed by atoms with van der Waals surface area (Å²) in [5.41, 5.74) is 0. The number of nitrogens with one attached hydrogen (secondary N) is 1. The molecule has 1 fully saturated rings. The van der Waals surface area contributed by atoms with Crippen LogP contribution in [-0.2, 0) is 4.74 Å². The Labute approximate surface area is 126 Å². The lowest BCUT2D eigenvalue weighted by Crippen LogP contribution is -2.33. The van der Waals surface area contributed by atoms with E-state index in [-0.39, 0.29) is 6.10 Å². The van der Waals surface area contributed by atoms with Crippen molar-refractivity contribution < 1.29 is 9.47 Å². The number of rotatable bonds is 8. The second-order valence-corrected chi connectivity index (χ2v) is 4.88. The Morgan fingerprint density at radius 3 is 2.76 bits per heavy atom. The van der Waals surface area contributed by atoms with Crippen molar-refractivity contribution in [2.24, 2.45) is 0 Å². The van der Waals surface area contributed by atoms with Crippen LogP contribution >= 0.6 is 0 Å². The van der Waals surface area contributed by atoms with Crippen LogP contribution in [0.5, 0.6) is 6.01 Å². The van der Waals surface area contributed by atoms with Gasteiger partial charge in [-0.05, 0) is 33.6 Å². The van der Waals surface area contributed by atoms with Crippen molar-refractivity contribution in [3.63, 3.8) is 0 Å². The molecule has 1 saturated heterocycles. The van der Waals surface area contributed by atoms with Crippen LogP contribution in [0.1, 0.15) is 33.6 Å². The average Bonchev–Trinajstić information content (AvgIpc) is 2.98. The Balaban J connectivity index is 2.16. The Hall–Kier alpha value is -1.63. The lowest BCUT2D eigenvalue weighted by molar-refractivity contribution is 0.115. The van der Waals surface area contributed by atoms with Crippen molar-refractivity contribution in [2.75, 3.05) is 43.1 Å². The molecule has 1 atom stereocenters. The van der Waals surface area contributed by atoms with E-state index in [4.69, 9.17) is 9.47 Å². The number of aromatic nitrogens is 3. The van der Waals surface area contributed by atoms with E-state index in [2.05, 4.69) is 32.1 Å². The fraction of sp³-hybridized carbons (Fsp3) is 0.786. The van der Waals surface area contributed by atoms with Gasteiger partial charge in [-0.15, -0.1) is 0 Å². The number of ether oxygens (including phenoxy) is 2. The number of hydrogen-bond donors (Lipinski definition) is 1. The molecule has 1 unspecified atom stereocenters. The largest absolute Gasteiger partial charge is 0.464 e. The van der Waals surface area contributed by atoms with Gasteiger partial charge in [-0.1, -0.05) is 0 Å². The summed E-state index contributed by atoms with van der Waals surface area (Å²) in [6, 6.07) is 0.365. The maximum absolute atomic E-state index is 5.70. The van der Waals surface area contributed by atoms with Gasteiger partial charge >= 0.3 is 6.01 Å². The van der Waals surface area contributed by atoms with Gasteiger partial charge in [0.15, 0.2) is 0 Å². The molecule has 1 aliphatic rings. The zero-order valence-corrected chi connectivity index (χ0v) is 13.1. The maximum Gasteiger partial charge on any atom is 0.323 e. The SMILES string of the molecule is CCNc1nc(OCC)nc(N(CC)CC2CCCO2)n1. The first-order valence-electron chi connectivity index (χ1n) is 7.76. The minimum atomic E-state index is 0.264. The molecule has 118 valence electrons. The second kappa shape index (κ2) is 7.97. The lowest BCUT2D eigenvalue weighted by Gasteiger charge is -2.24. The van der Waals surface area contributed by atoms with Crippen molar-refractivity contribution >= 4 is 11.9 Å². The van der Waals surface area contributed by atoms with Gasteiger partial charge in [0, 0.05) is 26.2 Å². The molecule has 0 amide bonds. The summed E-state index contributed by atoms with van der Waals surface area (Å²) in [5, 5.41) is 3.12. The molecular weight excluding hydrogens is 270 g/mol. The minimum Gasteiger partial charge on any atom is -0.464 e. The molecule has 7 nitrogen and oxygen atoms in total. The first-order chi connectivity index (χ1) is 10.3. The van der Waals surface area contributed by atoms with Gasteiger partial charge < -0.3 is 19.7 Å². The van der Waals surface area contributed by atoms with E-state index in [0.29, 0.717) is 24.5 Å². The van der Waals surface area contributed by atoms with Gasteiger partial charge in [0.05, 0.1) is 12.7 Å². The fourth-order valence-corrected chi connectivity index (χ4v) is 2.30. The molecule has 0 radical (unpaired) electrons. The zero-order valence-electron chi connectivity index (χ0n) is 13.1. The number of likely N-dealkylation sites (N-methyl/N-ethyl adjacent to an activating group) is 1. The minimum absolute atomic E-state index is 0.264. The summed E-state index contributed by atoms with van der Waals surface area (Å²) in [5.74, 6) is 1.19. The Bertz CT molecular complexity index is 413. The molecule has 0 aliphatic carbocycles. The molecule has 1 aromatic heterocycles. The van der Waals surface area contributed by atoms with Crippen LogP contribution in [0.4, 0.5) is 11.9 Å². The smallest absolute Gasteiger partial charge is 0.323 e. The number of nitrogens with zero attached hydrogens (tertiary/aromatic N) is 4. The summed E-state index contributed by atoms with van der Waals surface area (Å²) in [6.07, 6.45) is 2.49. The molecular formula is C14H25N5O2.